The molecule has 12 fully saturated rings. The third-order valence-electron chi connectivity index (χ3n) is 31.0. The summed E-state index contributed by atoms with van der Waals surface area (Å²) in [6.45, 7) is 1.17. The van der Waals surface area contributed by atoms with E-state index in [2.05, 4.69) is 52.2 Å². The molecule has 54 nitrogen and oxygen atoms in total. The van der Waals surface area contributed by atoms with E-state index in [1.807, 2.05) is 0 Å². The van der Waals surface area contributed by atoms with Crippen LogP contribution in [0.3, 0.4) is 0 Å². The van der Waals surface area contributed by atoms with Gasteiger partial charge in [0.2, 0.25) is 65.0 Å². The van der Waals surface area contributed by atoms with Crippen LogP contribution in [-0.2, 0) is 139 Å². The van der Waals surface area contributed by atoms with E-state index in [0.29, 0.717) is 95.8 Å². The molecule has 0 saturated carbocycles. The van der Waals surface area contributed by atoms with E-state index in [1.54, 1.807) is 6.92 Å². The molecule has 0 spiro atoms. The number of aromatic nitrogens is 9. The van der Waals surface area contributed by atoms with Gasteiger partial charge in [0.05, 0.1) is 114 Å². The van der Waals surface area contributed by atoms with E-state index in [-0.39, 0.29) is 206 Å². The number of nitrogens with zero attached hydrogens (tertiary/aromatic N) is 18. The normalized spacial score (nSPS) is 34.0. The van der Waals surface area contributed by atoms with Gasteiger partial charge in [0.25, 0.3) is 0 Å². The Labute approximate surface area is 859 Å². The van der Waals surface area contributed by atoms with Crippen molar-refractivity contribution < 1.29 is 156 Å². The van der Waals surface area contributed by atoms with E-state index in [9.17, 15) is 84.9 Å². The minimum absolute atomic E-state index is 0.0225. The second kappa shape index (κ2) is 52.3. The summed E-state index contributed by atoms with van der Waals surface area (Å²) in [6, 6.07) is -9.24. The van der Waals surface area contributed by atoms with Crippen LogP contribution in [0, 0.1) is 5.92 Å². The molecule has 149 heavy (non-hydrogen) atoms. The Morgan fingerprint density at radius 3 is 1.06 bits per heavy atom. The van der Waals surface area contributed by atoms with Crippen molar-refractivity contribution in [3.63, 3.8) is 0 Å². The molecule has 15 unspecified atom stereocenters. The number of hydrogen-bond acceptors (Lipinski definition) is 40. The van der Waals surface area contributed by atoms with Gasteiger partial charge in [-0.1, -0.05) is 35.4 Å². The Kier molecular flexibility index (Phi) is 39.3. The van der Waals surface area contributed by atoms with Gasteiger partial charge in [0.15, 0.2) is 24.7 Å². The van der Waals surface area contributed by atoms with Gasteiger partial charge < -0.3 is 164 Å². The van der Waals surface area contributed by atoms with Crippen LogP contribution in [0.5, 0.6) is 0 Å². The molecule has 0 radical (unpaired) electrons. The zero-order valence-electron chi connectivity index (χ0n) is 84.0. The molecular weight excluding hydrogens is 1960 g/mol. The first kappa shape index (κ1) is 112. The van der Waals surface area contributed by atoms with Gasteiger partial charge in [-0.3, -0.25) is 57.5 Å². The largest absolute Gasteiger partial charge is 0.394 e. The molecule has 15 N–H and O–H groups in total. The summed E-state index contributed by atoms with van der Waals surface area (Å²) < 4.78 is 56.6. The fourth-order valence-corrected chi connectivity index (χ4v) is 22.8. The lowest BCUT2D eigenvalue weighted by Crippen LogP contribution is -2.59. The molecule has 12 saturated heterocycles. The number of rotatable bonds is 29. The molecule has 16 rings (SSSR count). The summed E-state index contributed by atoms with van der Waals surface area (Å²) in [4.78, 5) is 192. The number of hydrogen-bond donors (Lipinski definition) is 15. The molecular formula is C95H146N22O32. The highest BCUT2D eigenvalue weighted by Gasteiger charge is 2.55. The fourth-order valence-electron chi connectivity index (χ4n) is 22.8. The molecule has 6 bridgehead atoms. The summed E-state index contributed by atoms with van der Waals surface area (Å²) in [5, 5.41) is 150. The summed E-state index contributed by atoms with van der Waals surface area (Å²) in [6.07, 6.45) is -9.23. The number of nitrogens with one attached hydrogen (secondary N) is 4. The van der Waals surface area contributed by atoms with Crippen LogP contribution >= 0.6 is 0 Å². The molecule has 27 atom stereocenters. The lowest BCUT2D eigenvalue weighted by molar-refractivity contribution is -0.301. The van der Waals surface area contributed by atoms with Gasteiger partial charge in [0.1, 0.15) is 134 Å². The number of Topliss-reactive ketones (excluding diaryl/α,β-unsaturated/α-hetero) is 1. The van der Waals surface area contributed by atoms with E-state index in [4.69, 9.17) is 42.6 Å². The zero-order valence-corrected chi connectivity index (χ0v) is 84.0. The SMILES string of the molecule is CC1C(CO)OC(OCCNCCO[C@@H]2C[C@H]3C(=O)N4CCC[C@H]4C(=O)N4CCC[C@H]4C(=O)NCc4cn(nn4)CC(=O)N4C[C@H](OCCNCCCOC5OC(CO)C(O)C(O)C5O)C[C@H]4C(=O)N4CCC[C@H]4C(=O)N4CCC[C@H]4C(=O)NCc4cn(nn4)CC(=O)N4C[C@H](OCCCCCCOC5OC(CO)C(O)C(O)C5O)C[C@H]4C(=O)N4CCC[C@H]4C(=O)N4CCC[C@H]4C(=O)CCc4cn(nn4)CC(=O)N3C2)C(O)C1O. The van der Waals surface area contributed by atoms with Crippen LogP contribution in [-0.4, -0.2) is 519 Å². The summed E-state index contributed by atoms with van der Waals surface area (Å²) in [5.74, 6) is -6.38. The topological polar surface area (TPSA) is 680 Å². The molecule has 3 aromatic rings. The number of ketones is 1. The maximum absolute atomic E-state index is 15.4. The number of carbonyl (C=O) groups is 12. The predicted octanol–water partition coefficient (Wildman–Crippen LogP) is -9.63. The summed E-state index contributed by atoms with van der Waals surface area (Å²) >= 11 is 0. The molecule has 0 aromatic carbocycles. The van der Waals surface area contributed by atoms with E-state index < -0.39 is 269 Å². The van der Waals surface area contributed by atoms with Crippen LogP contribution in [0.15, 0.2) is 18.6 Å². The predicted molar refractivity (Wildman–Crippen MR) is 506 cm³/mol. The molecule has 13 aliphatic heterocycles. The van der Waals surface area contributed by atoms with E-state index in [1.165, 1.54) is 76.7 Å². The van der Waals surface area contributed by atoms with Gasteiger partial charge in [-0.05, 0) is 103 Å². The Hall–Kier alpha value is -9.62. The molecule has 16 heterocycles. The van der Waals surface area contributed by atoms with Crippen LogP contribution in [0.25, 0.3) is 0 Å². The minimum Gasteiger partial charge on any atom is -0.394 e. The molecule has 54 heteroatoms. The highest BCUT2D eigenvalue weighted by Crippen LogP contribution is 2.37. The monoisotopic (exact) mass is 2110 g/mol. The number of aliphatic hydroxyl groups excluding tert-OH is 11. The zero-order chi connectivity index (χ0) is 105. The smallest absolute Gasteiger partial charge is 0.246 e. The third kappa shape index (κ3) is 26.7. The number of aliphatic hydroxyl groups is 11. The van der Waals surface area contributed by atoms with Gasteiger partial charge >= 0.3 is 0 Å². The van der Waals surface area contributed by atoms with Crippen molar-refractivity contribution in [2.24, 2.45) is 5.92 Å². The number of ether oxygens (including phenoxy) is 9. The molecule has 828 valence electrons. The first-order chi connectivity index (χ1) is 72.0. The Morgan fingerprint density at radius 2 is 0.651 bits per heavy atom. The summed E-state index contributed by atoms with van der Waals surface area (Å²) in [7, 11) is 0. The molecule has 11 amide bonds. The lowest BCUT2D eigenvalue weighted by atomic mass is 9.91. The van der Waals surface area contributed by atoms with Crippen molar-refractivity contribution >= 4 is 70.8 Å². The Morgan fingerprint density at radius 1 is 0.336 bits per heavy atom. The Balaban J connectivity index is 0.608. The number of fused-ring (bicyclic) bond motifs is 15. The van der Waals surface area contributed by atoms with Crippen molar-refractivity contribution in [2.45, 2.75) is 340 Å². The van der Waals surface area contributed by atoms with Crippen molar-refractivity contribution in [2.75, 3.05) is 145 Å². The second-order valence-corrected chi connectivity index (χ2v) is 41.0. The molecule has 13 aliphatic rings. The molecule has 3 aromatic heterocycles. The van der Waals surface area contributed by atoms with Gasteiger partial charge in [-0.2, -0.15) is 0 Å². The maximum Gasteiger partial charge on any atom is 0.246 e. The summed E-state index contributed by atoms with van der Waals surface area (Å²) in [5.41, 5.74) is 0.820. The van der Waals surface area contributed by atoms with Gasteiger partial charge in [-0.25, -0.2) is 14.0 Å². The van der Waals surface area contributed by atoms with Crippen LogP contribution in [0.1, 0.15) is 159 Å². The highest BCUT2D eigenvalue weighted by atomic mass is 16.7. The van der Waals surface area contributed by atoms with Gasteiger partial charge in [-0.15, -0.1) is 15.3 Å². The quantitative estimate of drug-likeness (QED) is 0.0287. The second-order valence-electron chi connectivity index (χ2n) is 41.0. The van der Waals surface area contributed by atoms with Crippen LogP contribution < -0.4 is 21.3 Å². The maximum atomic E-state index is 15.4. The number of amides is 11. The molecule has 0 aliphatic carbocycles. The highest BCUT2D eigenvalue weighted by molar-refractivity contribution is 5.98. The van der Waals surface area contributed by atoms with E-state index >= 15 is 28.8 Å². The Bertz CT molecular complexity index is 4840. The number of aryl methyl sites for hydroxylation is 1. The lowest BCUT2D eigenvalue weighted by Gasteiger charge is -2.40. The minimum atomic E-state index is -1.61. The van der Waals surface area contributed by atoms with Gasteiger partial charge in [0, 0.05) is 136 Å². The van der Waals surface area contributed by atoms with Crippen LogP contribution in [0.2, 0.25) is 0 Å². The van der Waals surface area contributed by atoms with Crippen molar-refractivity contribution in [3.05, 3.63) is 35.7 Å². The van der Waals surface area contributed by atoms with Crippen molar-refractivity contribution in [1.82, 2.24) is 110 Å². The average Bonchev–Trinajstić information content (AvgIpc) is 1.62. The first-order valence-electron chi connectivity index (χ1n) is 52.8. The number of carbonyl (C=O) groups excluding carboxylic acids is 12. The fraction of sp³-hybridized carbons (Fsp3) is 0.811. The third-order valence-corrected chi connectivity index (χ3v) is 31.0. The standard InChI is InChI=1S/C95H146N22O32/c1-54-71(51-118)147-93(82(130)77(54)125)146-36-24-97-23-35-143-60-39-68-91(139)113-29-10-17-65(113)88(136)110-26-7-14-62(110)86(134)99-41-57-44-108(105-102-57)50-76(124)117-46-59(142-34-22-96-21-12-33-145-95-84(132)81(129)79(127)73(53-120)149-95)38-69(117)92(140)114-30-11-18-66(114)89(137)111-27-8-15-63(111)85(133)98-40-56-43-107(104-101-56)49-75(123)115-45-58(141-31-4-2-3-5-32-144-94-83(131)80(128)78(126)72(52-119)148-94)37-67(115)90(138)112-28-9-16-64(112)87(135)109-25-6-13-61(109)70(121)20-19-55-42-106(103-100-55)48-74(122)116(68)47-60/h42-44,54,58-69,71-73,77-84,93-97,118-120,125-132H,2-41,45-53H2,1H3,(H,98,133)(H,99,134)/t54?,58-,59-,60-,61+,62+,63+,64+,65+,66+,67+,68+,69+,71?,72?,73?,77?,78?,79?,80?,81?,82?,83?,84?,93?,94?,95?/m1/s1. The average molecular weight is 2110 g/mol. The first-order valence-corrected chi connectivity index (χ1v) is 52.8. The van der Waals surface area contributed by atoms with Crippen molar-refractivity contribution in [3.8, 4) is 0 Å². The number of unbranched alkanes of at least 4 members (excludes halogenated alkanes) is 3. The van der Waals surface area contributed by atoms with Crippen molar-refractivity contribution in [1.29, 1.82) is 0 Å². The van der Waals surface area contributed by atoms with E-state index in [0.717, 1.165) is 0 Å². The van der Waals surface area contributed by atoms with Crippen LogP contribution in [0.4, 0.5) is 0 Å².